The number of pyridine rings is 1. The molecule has 1 aliphatic heterocycles. The molecule has 2 aromatic heterocycles. The maximum atomic E-state index is 13.0. The summed E-state index contributed by atoms with van der Waals surface area (Å²) in [5.41, 5.74) is 5.45. The van der Waals surface area contributed by atoms with E-state index in [1.165, 1.54) is 9.91 Å². The molecule has 3 rings (SSSR count). The Labute approximate surface area is 175 Å². The van der Waals surface area contributed by atoms with E-state index < -0.39 is 22.8 Å². The van der Waals surface area contributed by atoms with Crippen LogP contribution in [0.15, 0.2) is 35.9 Å². The Kier molecular flexibility index (Phi) is 5.95. The van der Waals surface area contributed by atoms with Crippen LogP contribution < -0.4 is 16.6 Å². The molecular formula is C18H21ClF3N7O. The summed E-state index contributed by atoms with van der Waals surface area (Å²) in [5, 5.41) is 5.01. The molecule has 4 N–H and O–H groups in total. The molecule has 0 saturated carbocycles. The predicted octanol–water partition coefficient (Wildman–Crippen LogP) is 2.93. The van der Waals surface area contributed by atoms with Gasteiger partial charge in [0.25, 0.3) is 5.91 Å². The number of rotatable bonds is 4. The molecular weight excluding hydrogens is 423 g/mol. The van der Waals surface area contributed by atoms with Crippen molar-refractivity contribution in [2.45, 2.75) is 32.5 Å². The lowest BCUT2D eigenvalue weighted by atomic mass is 10.1. The average Bonchev–Trinajstić information content (AvgIpc) is 3.16. The van der Waals surface area contributed by atoms with Crippen LogP contribution >= 0.6 is 11.6 Å². The average molecular weight is 444 g/mol. The Morgan fingerprint density at radius 1 is 1.33 bits per heavy atom. The van der Waals surface area contributed by atoms with Gasteiger partial charge in [0, 0.05) is 43.2 Å². The van der Waals surface area contributed by atoms with Crippen LogP contribution in [0.2, 0.25) is 5.02 Å². The molecule has 0 bridgehead atoms. The Morgan fingerprint density at radius 2 is 2.03 bits per heavy atom. The molecule has 2 aromatic rings. The fraction of sp³-hybridized carbons (Fsp3) is 0.389. The zero-order valence-corrected chi connectivity index (χ0v) is 17.1. The van der Waals surface area contributed by atoms with Crippen molar-refractivity contribution in [3.63, 3.8) is 0 Å². The van der Waals surface area contributed by atoms with E-state index in [0.717, 1.165) is 12.3 Å². The second-order valence-corrected chi connectivity index (χ2v) is 7.46. The lowest BCUT2D eigenvalue weighted by molar-refractivity contribution is -0.141. The number of hydrogen-bond donors (Lipinski definition) is 2. The van der Waals surface area contributed by atoms with Crippen LogP contribution in [0.1, 0.15) is 42.4 Å². The second kappa shape index (κ2) is 8.15. The molecule has 0 unspecified atom stereocenters. The van der Waals surface area contributed by atoms with E-state index in [0.29, 0.717) is 23.6 Å². The highest BCUT2D eigenvalue weighted by Gasteiger charge is 2.37. The van der Waals surface area contributed by atoms with Gasteiger partial charge in [0.1, 0.15) is 0 Å². The number of carbonyl (C=O) groups excluding carboxylic acids is 1. The largest absolute Gasteiger partial charge is 0.434 e. The molecule has 0 spiro atoms. The highest BCUT2D eigenvalue weighted by molar-refractivity contribution is 6.34. The summed E-state index contributed by atoms with van der Waals surface area (Å²) in [6.07, 6.45) is -1.76. The third-order valence-electron chi connectivity index (χ3n) is 4.69. The number of hydrogen-bond acceptors (Lipinski definition) is 6. The lowest BCUT2D eigenvalue weighted by Gasteiger charge is -2.32. The Balaban J connectivity index is 1.80. The predicted molar refractivity (Wildman–Crippen MR) is 105 cm³/mol. The van der Waals surface area contributed by atoms with Gasteiger partial charge in [0.15, 0.2) is 11.5 Å². The summed E-state index contributed by atoms with van der Waals surface area (Å²) in [7, 11) is 0. The summed E-state index contributed by atoms with van der Waals surface area (Å²) in [4.78, 5) is 17.3. The molecule has 1 aliphatic rings. The van der Waals surface area contributed by atoms with Gasteiger partial charge in [-0.2, -0.15) is 18.3 Å². The third kappa shape index (κ3) is 4.21. The smallest absolute Gasteiger partial charge is 0.399 e. The van der Waals surface area contributed by atoms with E-state index in [2.05, 4.69) is 10.1 Å². The van der Waals surface area contributed by atoms with Gasteiger partial charge in [-0.3, -0.25) is 19.5 Å². The number of alkyl halides is 3. The Morgan fingerprint density at radius 3 is 2.60 bits per heavy atom. The molecule has 0 fully saturated rings. The van der Waals surface area contributed by atoms with Crippen molar-refractivity contribution in [1.82, 2.24) is 19.7 Å². The van der Waals surface area contributed by atoms with E-state index in [9.17, 15) is 18.0 Å². The van der Waals surface area contributed by atoms with E-state index in [-0.39, 0.29) is 24.7 Å². The van der Waals surface area contributed by atoms with E-state index >= 15 is 0 Å². The zero-order chi connectivity index (χ0) is 22.2. The van der Waals surface area contributed by atoms with Gasteiger partial charge in [0.05, 0.1) is 22.8 Å². The standard InChI is InChI=1S/C18H21ClF3N7O/c1-10(2)28-8-5-14(26-28)29(24)13-4-7-27(9-12(13)23)17(30)11-3-6-25-16(15(11)19)18(20,21)22/h3,5-6,8,10H,4,7,9,23-24H2,1-2H3. The first-order valence-electron chi connectivity index (χ1n) is 9.09. The number of aromatic nitrogens is 3. The van der Waals surface area contributed by atoms with Crippen LogP contribution in [-0.4, -0.2) is 38.7 Å². The Hall–Kier alpha value is -2.79. The number of nitrogens with zero attached hydrogens (tertiary/aromatic N) is 5. The normalized spacial score (nSPS) is 15.1. The minimum atomic E-state index is -4.76. The van der Waals surface area contributed by atoms with Crippen molar-refractivity contribution in [1.29, 1.82) is 0 Å². The van der Waals surface area contributed by atoms with Crippen molar-refractivity contribution in [2.75, 3.05) is 18.1 Å². The molecule has 162 valence electrons. The van der Waals surface area contributed by atoms with Crippen LogP contribution in [0.25, 0.3) is 0 Å². The lowest BCUT2D eigenvalue weighted by Crippen LogP contribution is -2.44. The number of hydrazine groups is 1. The summed E-state index contributed by atoms with van der Waals surface area (Å²) in [6, 6.07) is 3.06. The van der Waals surface area contributed by atoms with Crippen LogP contribution in [0, 0.1) is 0 Å². The molecule has 0 aliphatic carbocycles. The minimum absolute atomic E-state index is 0.00718. The molecule has 0 aromatic carbocycles. The topological polar surface area (TPSA) is 106 Å². The van der Waals surface area contributed by atoms with Crippen molar-refractivity contribution in [2.24, 2.45) is 11.6 Å². The second-order valence-electron chi connectivity index (χ2n) is 7.09. The summed E-state index contributed by atoms with van der Waals surface area (Å²) in [6.45, 7) is 4.15. The summed E-state index contributed by atoms with van der Waals surface area (Å²) >= 11 is 5.82. The van der Waals surface area contributed by atoms with Crippen LogP contribution in [-0.2, 0) is 6.18 Å². The van der Waals surface area contributed by atoms with Crippen LogP contribution in [0.5, 0.6) is 0 Å². The first kappa shape index (κ1) is 21.9. The van der Waals surface area contributed by atoms with Crippen molar-refractivity contribution in [3.8, 4) is 0 Å². The van der Waals surface area contributed by atoms with Gasteiger partial charge >= 0.3 is 6.18 Å². The van der Waals surface area contributed by atoms with Gasteiger partial charge in [-0.25, -0.2) is 5.84 Å². The van der Waals surface area contributed by atoms with Crippen molar-refractivity contribution >= 4 is 23.3 Å². The third-order valence-corrected chi connectivity index (χ3v) is 5.07. The molecule has 3 heterocycles. The number of nitrogens with two attached hydrogens (primary N) is 2. The molecule has 0 atom stereocenters. The molecule has 1 amide bonds. The molecule has 12 heteroatoms. The SMILES string of the molecule is CC(C)n1ccc(N(N)C2=C(N)CN(C(=O)c3ccnc(C(F)(F)F)c3Cl)CC2)n1. The van der Waals surface area contributed by atoms with Gasteiger partial charge in [-0.1, -0.05) is 11.6 Å². The highest BCUT2D eigenvalue weighted by Crippen LogP contribution is 2.35. The minimum Gasteiger partial charge on any atom is -0.399 e. The number of halogens is 4. The van der Waals surface area contributed by atoms with Crippen molar-refractivity contribution in [3.05, 3.63) is 52.2 Å². The van der Waals surface area contributed by atoms with Gasteiger partial charge in [-0.05, 0) is 19.9 Å². The maximum Gasteiger partial charge on any atom is 0.434 e. The van der Waals surface area contributed by atoms with Crippen molar-refractivity contribution < 1.29 is 18.0 Å². The molecule has 0 saturated heterocycles. The summed E-state index contributed by atoms with van der Waals surface area (Å²) < 4.78 is 40.8. The van der Waals surface area contributed by atoms with Crippen LogP contribution in [0.3, 0.4) is 0 Å². The highest BCUT2D eigenvalue weighted by atomic mass is 35.5. The fourth-order valence-corrected chi connectivity index (χ4v) is 3.38. The van der Waals surface area contributed by atoms with Gasteiger partial charge in [-0.15, -0.1) is 0 Å². The number of amides is 1. The van der Waals surface area contributed by atoms with E-state index in [4.69, 9.17) is 23.2 Å². The molecule has 0 radical (unpaired) electrons. The first-order chi connectivity index (χ1) is 14.0. The quantitative estimate of drug-likeness (QED) is 0.556. The van der Waals surface area contributed by atoms with Gasteiger partial charge in [0.2, 0.25) is 0 Å². The maximum absolute atomic E-state index is 13.0. The number of anilines is 1. The molecule has 8 nitrogen and oxygen atoms in total. The Bertz CT molecular complexity index is 986. The van der Waals surface area contributed by atoms with E-state index in [1.54, 1.807) is 16.9 Å². The summed E-state index contributed by atoms with van der Waals surface area (Å²) in [5.74, 6) is 5.99. The van der Waals surface area contributed by atoms with Crippen LogP contribution in [0.4, 0.5) is 19.0 Å². The monoisotopic (exact) mass is 443 g/mol. The fourth-order valence-electron chi connectivity index (χ4n) is 3.09. The van der Waals surface area contributed by atoms with Gasteiger partial charge < -0.3 is 10.6 Å². The first-order valence-corrected chi connectivity index (χ1v) is 9.47. The number of carbonyl (C=O) groups is 1. The van der Waals surface area contributed by atoms with E-state index in [1.807, 2.05) is 13.8 Å². The molecule has 30 heavy (non-hydrogen) atoms. The zero-order valence-electron chi connectivity index (χ0n) is 16.3.